The van der Waals surface area contributed by atoms with Crippen molar-refractivity contribution < 1.29 is 9.53 Å². The molecule has 0 N–H and O–H groups in total. The third kappa shape index (κ3) is 0.982. The first-order valence-corrected chi connectivity index (χ1v) is 4.62. The van der Waals surface area contributed by atoms with E-state index in [1.807, 2.05) is 13.0 Å². The van der Waals surface area contributed by atoms with Gasteiger partial charge in [-0.25, -0.2) is 4.98 Å². The number of aryl methyl sites for hydroxylation is 1. The molecule has 3 rings (SSSR count). The molecule has 1 aliphatic carbocycles. The maximum absolute atomic E-state index is 11.1. The molecular formula is C9H9N3O2. The Balaban J connectivity index is 2.29. The Morgan fingerprint density at radius 2 is 2.36 bits per heavy atom. The predicted octanol–water partition coefficient (Wildman–Crippen LogP) is 1.04. The summed E-state index contributed by atoms with van der Waals surface area (Å²) in [5, 5.41) is 14.8. The largest absolute Gasteiger partial charge is 0.359 e. The van der Waals surface area contributed by atoms with Gasteiger partial charge in [0.15, 0.2) is 0 Å². The fraction of sp³-hybridized carbons (Fsp3) is 0.444. The molecule has 72 valence electrons. The molecule has 1 saturated carbocycles. The summed E-state index contributed by atoms with van der Waals surface area (Å²) in [5.41, 5.74) is 2.77. The van der Waals surface area contributed by atoms with Gasteiger partial charge in [-0.15, -0.1) is 0 Å². The highest BCUT2D eigenvalue weighted by Gasteiger charge is 2.27. The van der Waals surface area contributed by atoms with Crippen molar-refractivity contribution in [2.24, 2.45) is 0 Å². The molecule has 1 fully saturated rings. The van der Waals surface area contributed by atoms with Crippen molar-refractivity contribution >= 4 is 11.2 Å². The average molecular weight is 191 g/mol. The lowest BCUT2D eigenvalue weighted by Crippen LogP contribution is -2.23. The van der Waals surface area contributed by atoms with Gasteiger partial charge in [0, 0.05) is 17.2 Å². The summed E-state index contributed by atoms with van der Waals surface area (Å²) in [7, 11) is 0. The van der Waals surface area contributed by atoms with Crippen LogP contribution in [0, 0.1) is 12.1 Å². The van der Waals surface area contributed by atoms with Crippen LogP contribution in [0.5, 0.6) is 0 Å². The fourth-order valence-electron chi connectivity index (χ4n) is 1.67. The van der Waals surface area contributed by atoms with Gasteiger partial charge < -0.3 is 5.21 Å². The summed E-state index contributed by atoms with van der Waals surface area (Å²) < 4.78 is 4.50. The lowest BCUT2D eigenvalue weighted by atomic mass is 10.2. The maximum Gasteiger partial charge on any atom is 0.341 e. The van der Waals surface area contributed by atoms with E-state index in [0.29, 0.717) is 22.0 Å². The van der Waals surface area contributed by atoms with Gasteiger partial charge >= 0.3 is 5.65 Å². The van der Waals surface area contributed by atoms with Crippen LogP contribution in [0.4, 0.5) is 0 Å². The summed E-state index contributed by atoms with van der Waals surface area (Å²) in [4.78, 5) is 4.70. The Kier molecular flexibility index (Phi) is 1.34. The maximum atomic E-state index is 11.1. The van der Waals surface area contributed by atoms with Gasteiger partial charge in [0.25, 0.3) is 0 Å². The minimum Gasteiger partial charge on any atom is -0.359 e. The topological polar surface area (TPSA) is 65.9 Å². The molecule has 0 spiro atoms. The standard InChI is InChI=1S/C9H9N3O2/c1-5-4-7(6-2-3-6)10-9-8(5)12(13)14-11-9/h4,6H,2-3H2,1H3. The van der Waals surface area contributed by atoms with Gasteiger partial charge in [0.05, 0.1) is 5.16 Å². The summed E-state index contributed by atoms with van der Waals surface area (Å²) >= 11 is 0. The molecule has 0 aromatic carbocycles. The highest BCUT2D eigenvalue weighted by atomic mass is 16.8. The summed E-state index contributed by atoms with van der Waals surface area (Å²) in [6.07, 6.45) is 2.38. The van der Waals surface area contributed by atoms with Crippen molar-refractivity contribution in [1.82, 2.24) is 10.1 Å². The number of aromatic nitrogens is 3. The first-order chi connectivity index (χ1) is 6.75. The zero-order valence-corrected chi connectivity index (χ0v) is 7.73. The van der Waals surface area contributed by atoms with E-state index in [4.69, 9.17) is 0 Å². The first kappa shape index (κ1) is 7.73. The molecule has 0 amide bonds. The van der Waals surface area contributed by atoms with Crippen molar-refractivity contribution in [3.05, 3.63) is 22.5 Å². The normalized spacial score (nSPS) is 16.4. The molecular weight excluding hydrogens is 182 g/mol. The van der Waals surface area contributed by atoms with Gasteiger partial charge in [-0.3, -0.25) is 4.63 Å². The molecule has 2 heterocycles. The first-order valence-electron chi connectivity index (χ1n) is 4.62. The quantitative estimate of drug-likeness (QED) is 0.632. The van der Waals surface area contributed by atoms with E-state index in [-0.39, 0.29) is 0 Å². The van der Waals surface area contributed by atoms with Gasteiger partial charge in [-0.1, -0.05) is 0 Å². The Morgan fingerprint density at radius 1 is 1.57 bits per heavy atom. The second kappa shape index (κ2) is 2.43. The van der Waals surface area contributed by atoms with Crippen molar-refractivity contribution in [1.29, 1.82) is 0 Å². The van der Waals surface area contributed by atoms with E-state index in [2.05, 4.69) is 14.8 Å². The van der Waals surface area contributed by atoms with Crippen LogP contribution in [0.3, 0.4) is 0 Å². The van der Waals surface area contributed by atoms with Crippen LogP contribution in [0.1, 0.15) is 30.0 Å². The number of nitrogens with zero attached hydrogens (tertiary/aromatic N) is 3. The van der Waals surface area contributed by atoms with Crippen LogP contribution in [0.15, 0.2) is 10.7 Å². The number of hydrogen-bond acceptors (Lipinski definition) is 4. The zero-order valence-electron chi connectivity index (χ0n) is 7.73. The van der Waals surface area contributed by atoms with E-state index in [1.54, 1.807) is 0 Å². The molecule has 5 nitrogen and oxygen atoms in total. The van der Waals surface area contributed by atoms with Gasteiger partial charge in [0.1, 0.15) is 0 Å². The Labute approximate surface area is 79.9 Å². The molecule has 2 aromatic rings. The Hall–Kier alpha value is -1.65. The molecule has 0 atom stereocenters. The second-order valence-electron chi connectivity index (χ2n) is 3.74. The number of rotatable bonds is 1. The highest BCUT2D eigenvalue weighted by molar-refractivity contribution is 5.69. The summed E-state index contributed by atoms with van der Waals surface area (Å²) in [6.45, 7) is 1.88. The van der Waals surface area contributed by atoms with Crippen LogP contribution in [-0.2, 0) is 0 Å². The van der Waals surface area contributed by atoms with Crippen LogP contribution in [0.25, 0.3) is 11.2 Å². The molecule has 5 heteroatoms. The SMILES string of the molecule is Cc1cc(C2CC2)nc2no[n+]([O-])c12. The van der Waals surface area contributed by atoms with Gasteiger partial charge in [-0.2, -0.15) is 0 Å². The van der Waals surface area contributed by atoms with Gasteiger partial charge in [-0.05, 0) is 30.7 Å². The lowest BCUT2D eigenvalue weighted by molar-refractivity contribution is -0.782. The third-order valence-corrected chi connectivity index (χ3v) is 2.56. The second-order valence-corrected chi connectivity index (χ2v) is 3.74. The number of fused-ring (bicyclic) bond motifs is 1. The predicted molar refractivity (Wildman–Crippen MR) is 47.5 cm³/mol. The van der Waals surface area contributed by atoms with Crippen LogP contribution >= 0.6 is 0 Å². The van der Waals surface area contributed by atoms with E-state index in [9.17, 15) is 5.21 Å². The monoisotopic (exact) mass is 191 g/mol. The smallest absolute Gasteiger partial charge is 0.341 e. The Bertz CT molecular complexity index is 502. The highest BCUT2D eigenvalue weighted by Crippen LogP contribution is 2.39. The molecule has 0 radical (unpaired) electrons. The third-order valence-electron chi connectivity index (χ3n) is 2.56. The van der Waals surface area contributed by atoms with Crippen molar-refractivity contribution in [2.45, 2.75) is 25.7 Å². The van der Waals surface area contributed by atoms with Crippen LogP contribution < -0.4 is 4.90 Å². The van der Waals surface area contributed by atoms with E-state index < -0.39 is 0 Å². The molecule has 14 heavy (non-hydrogen) atoms. The molecule has 1 aliphatic rings. The Morgan fingerprint density at radius 3 is 3.07 bits per heavy atom. The van der Waals surface area contributed by atoms with Crippen molar-refractivity contribution in [3.63, 3.8) is 0 Å². The number of hydrogen-bond donors (Lipinski definition) is 0. The zero-order chi connectivity index (χ0) is 9.71. The van der Waals surface area contributed by atoms with Crippen molar-refractivity contribution in [2.75, 3.05) is 0 Å². The molecule has 2 aromatic heterocycles. The summed E-state index contributed by atoms with van der Waals surface area (Å²) in [5.74, 6) is 0.565. The minimum atomic E-state index is 0.411. The van der Waals surface area contributed by atoms with E-state index >= 15 is 0 Å². The van der Waals surface area contributed by atoms with Crippen LogP contribution in [-0.4, -0.2) is 10.1 Å². The van der Waals surface area contributed by atoms with Gasteiger partial charge in [0.2, 0.25) is 5.52 Å². The molecule has 0 aliphatic heterocycles. The van der Waals surface area contributed by atoms with Crippen molar-refractivity contribution in [3.8, 4) is 0 Å². The number of pyridine rings is 1. The fourth-order valence-corrected chi connectivity index (χ4v) is 1.67. The van der Waals surface area contributed by atoms with Crippen LogP contribution in [0.2, 0.25) is 0 Å². The molecule has 0 bridgehead atoms. The van der Waals surface area contributed by atoms with E-state index in [1.165, 1.54) is 12.8 Å². The molecule has 0 unspecified atom stereocenters. The summed E-state index contributed by atoms with van der Waals surface area (Å²) in [6, 6.07) is 1.95. The van der Waals surface area contributed by atoms with E-state index in [0.717, 1.165) is 11.3 Å². The minimum absolute atomic E-state index is 0.411. The average Bonchev–Trinajstić information content (AvgIpc) is 2.92. The lowest BCUT2D eigenvalue weighted by Gasteiger charge is -1.97. The molecule has 0 saturated heterocycles.